The van der Waals surface area contributed by atoms with Gasteiger partial charge in [0.1, 0.15) is 4.60 Å². The second-order valence-electron chi connectivity index (χ2n) is 5.85. The van der Waals surface area contributed by atoms with Gasteiger partial charge in [0.25, 0.3) is 11.8 Å². The summed E-state index contributed by atoms with van der Waals surface area (Å²) in [5, 5.41) is 5.47. The minimum absolute atomic E-state index is 0.378. The Hall–Kier alpha value is -1.94. The summed E-state index contributed by atoms with van der Waals surface area (Å²) in [6, 6.07) is 9.11. The number of hydrogen-bond acceptors (Lipinski definition) is 5. The standard InChI is InChI=1S/C19H17BrIN3O3/c1-2-7-27-16-6-4-12(23-17(16)20)9-22-10-15-14-8-11(21)3-5-13(14)18(25)24-19(15)26/h3-6,8,10,22H,2,7,9H2,1H3,(H,24,25,26)/b15-10+. The van der Waals surface area contributed by atoms with Gasteiger partial charge in [-0.05, 0) is 75.3 Å². The fraction of sp³-hybridized carbons (Fsp3) is 0.211. The maximum Gasteiger partial charge on any atom is 0.260 e. The Morgan fingerprint density at radius 2 is 2.04 bits per heavy atom. The SMILES string of the molecule is CCCOc1ccc(CN/C=C2/C(=O)NC(=O)c3ccc(I)cc32)nc1Br. The van der Waals surface area contributed by atoms with Gasteiger partial charge in [-0.15, -0.1) is 0 Å². The third-order valence-corrected chi connectivity index (χ3v) is 5.09. The second kappa shape index (κ2) is 8.83. The van der Waals surface area contributed by atoms with Crippen LogP contribution < -0.4 is 15.4 Å². The molecule has 0 aliphatic carbocycles. The molecule has 1 aromatic carbocycles. The molecule has 27 heavy (non-hydrogen) atoms. The summed E-state index contributed by atoms with van der Waals surface area (Å²) < 4.78 is 7.18. The number of aromatic nitrogens is 1. The molecule has 2 aromatic rings. The van der Waals surface area contributed by atoms with Crippen LogP contribution in [-0.4, -0.2) is 23.4 Å². The lowest BCUT2D eigenvalue weighted by Crippen LogP contribution is -2.37. The van der Waals surface area contributed by atoms with E-state index in [0.717, 1.165) is 15.7 Å². The molecule has 3 rings (SSSR count). The molecule has 0 unspecified atom stereocenters. The van der Waals surface area contributed by atoms with Crippen molar-refractivity contribution >= 4 is 55.9 Å². The molecule has 2 N–H and O–H groups in total. The summed E-state index contributed by atoms with van der Waals surface area (Å²) >= 11 is 5.56. The maximum atomic E-state index is 12.2. The van der Waals surface area contributed by atoms with Crippen LogP contribution in [0, 0.1) is 3.57 Å². The van der Waals surface area contributed by atoms with E-state index in [4.69, 9.17) is 4.74 Å². The lowest BCUT2D eigenvalue weighted by molar-refractivity contribution is -0.114. The molecule has 2 amide bonds. The van der Waals surface area contributed by atoms with Crippen molar-refractivity contribution in [3.63, 3.8) is 0 Å². The molecule has 1 aliphatic heterocycles. The van der Waals surface area contributed by atoms with Gasteiger partial charge in [0, 0.05) is 20.9 Å². The van der Waals surface area contributed by atoms with Gasteiger partial charge in [0.05, 0.1) is 24.4 Å². The zero-order valence-corrected chi connectivity index (χ0v) is 18.3. The number of benzene rings is 1. The van der Waals surface area contributed by atoms with Gasteiger partial charge < -0.3 is 10.1 Å². The highest BCUT2D eigenvalue weighted by atomic mass is 127. The number of pyridine rings is 1. The largest absolute Gasteiger partial charge is 0.491 e. The average Bonchev–Trinajstić information content (AvgIpc) is 2.63. The zero-order valence-electron chi connectivity index (χ0n) is 14.5. The van der Waals surface area contributed by atoms with Crippen molar-refractivity contribution in [1.29, 1.82) is 0 Å². The Balaban J connectivity index is 1.76. The van der Waals surface area contributed by atoms with Crippen LogP contribution in [0.2, 0.25) is 0 Å². The molecule has 2 heterocycles. The summed E-state index contributed by atoms with van der Waals surface area (Å²) in [5.74, 6) is -0.0936. The number of fused-ring (bicyclic) bond motifs is 1. The number of rotatable bonds is 6. The highest BCUT2D eigenvalue weighted by Crippen LogP contribution is 2.26. The van der Waals surface area contributed by atoms with E-state index in [1.165, 1.54) is 0 Å². The van der Waals surface area contributed by atoms with Crippen LogP contribution in [0.3, 0.4) is 0 Å². The normalized spacial score (nSPS) is 14.7. The molecule has 6 nitrogen and oxygen atoms in total. The van der Waals surface area contributed by atoms with Gasteiger partial charge in [0.2, 0.25) is 0 Å². The van der Waals surface area contributed by atoms with Crippen molar-refractivity contribution in [1.82, 2.24) is 15.6 Å². The Morgan fingerprint density at radius 1 is 1.22 bits per heavy atom. The van der Waals surface area contributed by atoms with Gasteiger partial charge in [-0.25, -0.2) is 4.98 Å². The first-order chi connectivity index (χ1) is 13.0. The van der Waals surface area contributed by atoms with Crippen LogP contribution in [0.25, 0.3) is 5.57 Å². The number of carbonyl (C=O) groups is 2. The predicted octanol–water partition coefficient (Wildman–Crippen LogP) is 3.64. The van der Waals surface area contributed by atoms with Crippen molar-refractivity contribution in [3.8, 4) is 5.75 Å². The van der Waals surface area contributed by atoms with Crippen molar-refractivity contribution in [3.05, 3.63) is 61.5 Å². The molecular formula is C19H17BrIN3O3. The van der Waals surface area contributed by atoms with E-state index in [2.05, 4.69) is 54.1 Å². The van der Waals surface area contributed by atoms with Crippen LogP contribution in [0.1, 0.15) is 35.0 Å². The number of halogens is 2. The summed E-state index contributed by atoms with van der Waals surface area (Å²) in [6.07, 6.45) is 2.54. The number of hydrogen-bond donors (Lipinski definition) is 2. The van der Waals surface area contributed by atoms with Gasteiger partial charge in [-0.3, -0.25) is 14.9 Å². The third-order valence-electron chi connectivity index (χ3n) is 3.85. The summed E-state index contributed by atoms with van der Waals surface area (Å²) in [4.78, 5) is 28.7. The molecule has 8 heteroatoms. The summed E-state index contributed by atoms with van der Waals surface area (Å²) in [5.41, 5.74) is 2.32. The number of nitrogens with zero attached hydrogens (tertiary/aromatic N) is 1. The Kier molecular flexibility index (Phi) is 6.48. The first-order valence-corrected chi connectivity index (χ1v) is 10.2. The van der Waals surface area contributed by atoms with Crippen LogP contribution in [0.4, 0.5) is 0 Å². The van der Waals surface area contributed by atoms with Crippen LogP contribution in [0.15, 0.2) is 41.1 Å². The van der Waals surface area contributed by atoms with E-state index in [1.807, 2.05) is 31.2 Å². The van der Waals surface area contributed by atoms with Crippen LogP contribution in [-0.2, 0) is 11.3 Å². The minimum Gasteiger partial charge on any atom is -0.491 e. The van der Waals surface area contributed by atoms with E-state index < -0.39 is 5.91 Å². The molecule has 1 aromatic heterocycles. The number of amides is 2. The maximum absolute atomic E-state index is 12.2. The molecule has 0 bridgehead atoms. The zero-order chi connectivity index (χ0) is 19.4. The van der Waals surface area contributed by atoms with Crippen molar-refractivity contribution in [2.45, 2.75) is 19.9 Å². The lowest BCUT2D eigenvalue weighted by Gasteiger charge is -2.18. The molecule has 0 spiro atoms. The quantitative estimate of drug-likeness (QED) is 0.253. The van der Waals surface area contributed by atoms with E-state index in [-0.39, 0.29) is 5.91 Å². The molecule has 1 aliphatic rings. The molecular weight excluding hydrogens is 525 g/mol. The van der Waals surface area contributed by atoms with Gasteiger partial charge in [-0.1, -0.05) is 6.92 Å². The van der Waals surface area contributed by atoms with E-state index in [9.17, 15) is 9.59 Å². The van der Waals surface area contributed by atoms with Crippen LogP contribution in [0.5, 0.6) is 5.75 Å². The fourth-order valence-electron chi connectivity index (χ4n) is 2.58. The average molecular weight is 542 g/mol. The van der Waals surface area contributed by atoms with E-state index in [0.29, 0.717) is 40.2 Å². The number of nitrogens with one attached hydrogen (secondary N) is 2. The topological polar surface area (TPSA) is 80.3 Å². The van der Waals surface area contributed by atoms with Gasteiger partial charge in [-0.2, -0.15) is 0 Å². The van der Waals surface area contributed by atoms with Crippen molar-refractivity contribution < 1.29 is 14.3 Å². The smallest absolute Gasteiger partial charge is 0.260 e. The first kappa shape index (κ1) is 19.8. The number of imide groups is 1. The molecule has 140 valence electrons. The first-order valence-electron chi connectivity index (χ1n) is 8.37. The van der Waals surface area contributed by atoms with Gasteiger partial charge >= 0.3 is 0 Å². The van der Waals surface area contributed by atoms with Crippen molar-refractivity contribution in [2.24, 2.45) is 0 Å². The molecule has 0 radical (unpaired) electrons. The highest BCUT2D eigenvalue weighted by molar-refractivity contribution is 14.1. The second-order valence-corrected chi connectivity index (χ2v) is 7.85. The number of carbonyl (C=O) groups excluding carboxylic acids is 2. The monoisotopic (exact) mass is 541 g/mol. The van der Waals surface area contributed by atoms with Crippen LogP contribution >= 0.6 is 38.5 Å². The third kappa shape index (κ3) is 4.67. The Bertz CT molecular complexity index is 930. The van der Waals surface area contributed by atoms with Gasteiger partial charge in [0.15, 0.2) is 5.75 Å². The lowest BCUT2D eigenvalue weighted by atomic mass is 9.96. The Labute approximate surface area is 179 Å². The molecule has 0 fully saturated rings. The Morgan fingerprint density at radius 3 is 2.78 bits per heavy atom. The predicted molar refractivity (Wildman–Crippen MR) is 114 cm³/mol. The summed E-state index contributed by atoms with van der Waals surface area (Å²) in [7, 11) is 0. The minimum atomic E-state index is -0.417. The fourth-order valence-corrected chi connectivity index (χ4v) is 3.54. The number of ether oxygens (including phenoxy) is 1. The molecule has 0 saturated heterocycles. The summed E-state index contributed by atoms with van der Waals surface area (Å²) in [6.45, 7) is 3.11. The van der Waals surface area contributed by atoms with E-state index in [1.54, 1.807) is 12.3 Å². The van der Waals surface area contributed by atoms with Crippen molar-refractivity contribution in [2.75, 3.05) is 6.61 Å². The van der Waals surface area contributed by atoms with E-state index >= 15 is 0 Å². The molecule has 0 atom stereocenters. The highest BCUT2D eigenvalue weighted by Gasteiger charge is 2.27. The molecule has 0 saturated carbocycles.